The standard InChI is InChI=1S/C23H23ClN2O4/c24-18-6-3-15(4-7-18)12-25-13-17(11-22(25)27)23(28)26-9-1-2-19(26)16-5-8-20-21(10-16)30-14-29-20/h3-8,10,17,19H,1-2,9,11-14H2. The molecule has 5 rings (SSSR count). The second kappa shape index (κ2) is 7.84. The van der Waals surface area contributed by atoms with Crippen molar-refractivity contribution in [2.45, 2.75) is 31.8 Å². The highest BCUT2D eigenvalue weighted by Gasteiger charge is 2.40. The van der Waals surface area contributed by atoms with E-state index in [1.165, 1.54) is 0 Å². The van der Waals surface area contributed by atoms with Gasteiger partial charge in [-0.05, 0) is 48.2 Å². The van der Waals surface area contributed by atoms with Gasteiger partial charge < -0.3 is 19.3 Å². The highest BCUT2D eigenvalue weighted by atomic mass is 35.5. The fourth-order valence-electron chi connectivity index (χ4n) is 4.63. The average Bonchev–Trinajstić information content (AvgIpc) is 3.48. The highest BCUT2D eigenvalue weighted by molar-refractivity contribution is 6.30. The molecule has 156 valence electrons. The van der Waals surface area contributed by atoms with Crippen molar-refractivity contribution in [3.05, 3.63) is 58.6 Å². The molecule has 0 aliphatic carbocycles. The number of hydrogen-bond acceptors (Lipinski definition) is 4. The van der Waals surface area contributed by atoms with Crippen LogP contribution in [0.5, 0.6) is 11.5 Å². The first kappa shape index (κ1) is 19.2. The Bertz CT molecular complexity index is 978. The molecule has 0 bridgehead atoms. The molecule has 0 aromatic heterocycles. The number of carbonyl (C=O) groups is 2. The van der Waals surface area contributed by atoms with Crippen LogP contribution in [0.25, 0.3) is 0 Å². The number of benzene rings is 2. The zero-order chi connectivity index (χ0) is 20.7. The van der Waals surface area contributed by atoms with E-state index >= 15 is 0 Å². The Morgan fingerprint density at radius 2 is 1.90 bits per heavy atom. The molecular formula is C23H23ClN2O4. The second-order valence-electron chi connectivity index (χ2n) is 8.10. The lowest BCUT2D eigenvalue weighted by atomic mass is 10.0. The molecule has 0 saturated carbocycles. The van der Waals surface area contributed by atoms with E-state index in [1.807, 2.05) is 47.4 Å². The summed E-state index contributed by atoms with van der Waals surface area (Å²) in [7, 11) is 0. The monoisotopic (exact) mass is 426 g/mol. The molecule has 2 amide bonds. The molecule has 7 heteroatoms. The second-order valence-corrected chi connectivity index (χ2v) is 8.54. The highest BCUT2D eigenvalue weighted by Crippen LogP contribution is 2.40. The van der Waals surface area contributed by atoms with Crippen molar-refractivity contribution in [1.82, 2.24) is 9.80 Å². The van der Waals surface area contributed by atoms with Gasteiger partial charge in [0.1, 0.15) is 0 Å². The van der Waals surface area contributed by atoms with Gasteiger partial charge in [-0.2, -0.15) is 0 Å². The Balaban J connectivity index is 1.28. The van der Waals surface area contributed by atoms with Gasteiger partial charge >= 0.3 is 0 Å². The minimum absolute atomic E-state index is 0.0208. The number of rotatable bonds is 4. The van der Waals surface area contributed by atoms with E-state index in [0.717, 1.165) is 42.0 Å². The van der Waals surface area contributed by atoms with E-state index in [2.05, 4.69) is 0 Å². The Morgan fingerprint density at radius 1 is 1.10 bits per heavy atom. The molecule has 2 fully saturated rings. The van der Waals surface area contributed by atoms with Crippen LogP contribution in [-0.4, -0.2) is 41.5 Å². The molecule has 2 unspecified atom stereocenters. The largest absolute Gasteiger partial charge is 0.454 e. The van der Waals surface area contributed by atoms with Gasteiger partial charge in [-0.3, -0.25) is 9.59 Å². The molecule has 0 N–H and O–H groups in total. The third-order valence-corrected chi connectivity index (χ3v) is 6.42. The number of nitrogens with zero attached hydrogens (tertiary/aromatic N) is 2. The van der Waals surface area contributed by atoms with Gasteiger partial charge in [0.15, 0.2) is 11.5 Å². The van der Waals surface area contributed by atoms with Crippen molar-refractivity contribution < 1.29 is 19.1 Å². The molecule has 0 radical (unpaired) electrons. The van der Waals surface area contributed by atoms with Crippen LogP contribution >= 0.6 is 11.6 Å². The maximum absolute atomic E-state index is 13.3. The first-order valence-electron chi connectivity index (χ1n) is 10.3. The van der Waals surface area contributed by atoms with Crippen molar-refractivity contribution in [2.75, 3.05) is 19.9 Å². The van der Waals surface area contributed by atoms with Gasteiger partial charge in [0.2, 0.25) is 18.6 Å². The van der Waals surface area contributed by atoms with E-state index in [-0.39, 0.29) is 37.0 Å². The SMILES string of the molecule is O=C1CC(C(=O)N2CCCC2c2ccc3c(c2)OCO3)CN1Cc1ccc(Cl)cc1. The molecular weight excluding hydrogens is 404 g/mol. The molecule has 2 atom stereocenters. The third kappa shape index (κ3) is 3.60. The lowest BCUT2D eigenvalue weighted by molar-refractivity contribution is -0.136. The molecule has 6 nitrogen and oxygen atoms in total. The van der Waals surface area contributed by atoms with Crippen LogP contribution in [0.4, 0.5) is 0 Å². The lowest BCUT2D eigenvalue weighted by Crippen LogP contribution is -2.37. The summed E-state index contributed by atoms with van der Waals surface area (Å²) in [4.78, 5) is 29.6. The molecule has 3 aliphatic heterocycles. The molecule has 3 aliphatic rings. The van der Waals surface area contributed by atoms with Crippen LogP contribution < -0.4 is 9.47 Å². The van der Waals surface area contributed by atoms with Gasteiger partial charge in [0.05, 0.1) is 12.0 Å². The number of amides is 2. The summed E-state index contributed by atoms with van der Waals surface area (Å²) in [5.41, 5.74) is 2.08. The van der Waals surface area contributed by atoms with Gasteiger partial charge in [-0.15, -0.1) is 0 Å². The van der Waals surface area contributed by atoms with Crippen LogP contribution in [0.15, 0.2) is 42.5 Å². The lowest BCUT2D eigenvalue weighted by Gasteiger charge is -2.28. The van der Waals surface area contributed by atoms with E-state index < -0.39 is 0 Å². The van der Waals surface area contributed by atoms with Gasteiger partial charge in [0, 0.05) is 31.1 Å². The summed E-state index contributed by atoms with van der Waals surface area (Å²) in [6.07, 6.45) is 2.15. The zero-order valence-electron chi connectivity index (χ0n) is 16.6. The number of halogens is 1. The van der Waals surface area contributed by atoms with Crippen molar-refractivity contribution in [2.24, 2.45) is 5.92 Å². The van der Waals surface area contributed by atoms with Crippen LogP contribution in [0.3, 0.4) is 0 Å². The molecule has 0 spiro atoms. The zero-order valence-corrected chi connectivity index (χ0v) is 17.3. The minimum atomic E-state index is -0.292. The van der Waals surface area contributed by atoms with E-state index in [4.69, 9.17) is 21.1 Å². The Hall–Kier alpha value is -2.73. The predicted octanol–water partition coefficient (Wildman–Crippen LogP) is 3.78. The van der Waals surface area contributed by atoms with Crippen molar-refractivity contribution in [1.29, 1.82) is 0 Å². The van der Waals surface area contributed by atoms with Crippen LogP contribution in [0.2, 0.25) is 5.02 Å². The topological polar surface area (TPSA) is 59.1 Å². The molecule has 2 aromatic carbocycles. The van der Waals surface area contributed by atoms with Crippen molar-refractivity contribution in [3.63, 3.8) is 0 Å². The molecule has 2 aromatic rings. The molecule has 30 heavy (non-hydrogen) atoms. The molecule has 3 heterocycles. The van der Waals surface area contributed by atoms with Gasteiger partial charge in [-0.25, -0.2) is 0 Å². The first-order valence-corrected chi connectivity index (χ1v) is 10.7. The number of carbonyl (C=O) groups excluding carboxylic acids is 2. The average molecular weight is 427 g/mol. The third-order valence-electron chi connectivity index (χ3n) is 6.17. The number of fused-ring (bicyclic) bond motifs is 1. The Kier molecular flexibility index (Phi) is 5.03. The van der Waals surface area contributed by atoms with E-state index in [1.54, 1.807) is 4.90 Å². The Labute approximate surface area is 180 Å². The summed E-state index contributed by atoms with van der Waals surface area (Å²) in [5.74, 6) is 1.29. The smallest absolute Gasteiger partial charge is 0.231 e. The van der Waals surface area contributed by atoms with Gasteiger partial charge in [0.25, 0.3) is 0 Å². The maximum atomic E-state index is 13.3. The fourth-order valence-corrected chi connectivity index (χ4v) is 4.76. The fraction of sp³-hybridized carbons (Fsp3) is 0.391. The van der Waals surface area contributed by atoms with Crippen molar-refractivity contribution >= 4 is 23.4 Å². The summed E-state index contributed by atoms with van der Waals surface area (Å²) in [6, 6.07) is 13.4. The minimum Gasteiger partial charge on any atom is -0.454 e. The predicted molar refractivity (Wildman–Crippen MR) is 111 cm³/mol. The maximum Gasteiger partial charge on any atom is 0.231 e. The number of likely N-dealkylation sites (tertiary alicyclic amines) is 2. The number of ether oxygens (including phenoxy) is 2. The van der Waals surface area contributed by atoms with Crippen LogP contribution in [0.1, 0.15) is 36.4 Å². The summed E-state index contributed by atoms with van der Waals surface area (Å²) >= 11 is 5.94. The number of hydrogen-bond donors (Lipinski definition) is 0. The van der Waals surface area contributed by atoms with E-state index in [9.17, 15) is 9.59 Å². The van der Waals surface area contributed by atoms with Crippen molar-refractivity contribution in [3.8, 4) is 11.5 Å². The summed E-state index contributed by atoms with van der Waals surface area (Å²) < 4.78 is 10.9. The Morgan fingerprint density at radius 3 is 2.73 bits per heavy atom. The summed E-state index contributed by atoms with van der Waals surface area (Å²) in [6.45, 7) is 1.93. The van der Waals surface area contributed by atoms with Gasteiger partial charge in [-0.1, -0.05) is 29.8 Å². The quantitative estimate of drug-likeness (QED) is 0.746. The molecule has 2 saturated heterocycles. The summed E-state index contributed by atoms with van der Waals surface area (Å²) in [5, 5.41) is 0.670. The van der Waals surface area contributed by atoms with Crippen LogP contribution in [0, 0.1) is 5.92 Å². The normalized spacial score (nSPS) is 22.8. The first-order chi connectivity index (χ1) is 14.6. The van der Waals surface area contributed by atoms with E-state index in [0.29, 0.717) is 18.1 Å². The van der Waals surface area contributed by atoms with Crippen LogP contribution in [-0.2, 0) is 16.1 Å².